The van der Waals surface area contributed by atoms with Crippen LogP contribution >= 0.6 is 23.5 Å². The van der Waals surface area contributed by atoms with Crippen molar-refractivity contribution in [3.63, 3.8) is 0 Å². The molecule has 0 aromatic rings. The van der Waals surface area contributed by atoms with Gasteiger partial charge in [-0.2, -0.15) is 0 Å². The Labute approximate surface area is 126 Å². The third-order valence-corrected chi connectivity index (χ3v) is 4.32. The summed E-state index contributed by atoms with van der Waals surface area (Å²) in [4.78, 5) is 44.2. The molecule has 0 heterocycles. The Kier molecular flexibility index (Phi) is 9.32. The molecule has 0 saturated heterocycles. The highest BCUT2D eigenvalue weighted by atomic mass is 32.2. The Morgan fingerprint density at radius 3 is 1.25 bits per heavy atom. The quantitative estimate of drug-likeness (QED) is 0.650. The van der Waals surface area contributed by atoms with Gasteiger partial charge in [0, 0.05) is 27.7 Å². The Morgan fingerprint density at radius 1 is 0.750 bits per heavy atom. The Morgan fingerprint density at radius 2 is 1.05 bits per heavy atom. The van der Waals surface area contributed by atoms with Gasteiger partial charge < -0.3 is 9.47 Å². The normalized spacial score (nSPS) is 13.2. The second-order valence-corrected chi connectivity index (χ2v) is 6.73. The van der Waals surface area contributed by atoms with Gasteiger partial charge >= 0.3 is 11.9 Å². The minimum atomic E-state index is -0.474. The van der Waals surface area contributed by atoms with Gasteiger partial charge in [0.25, 0.3) is 0 Å². The maximum Gasteiger partial charge on any atom is 0.302 e. The maximum atomic E-state index is 11.2. The molecule has 0 spiro atoms. The lowest BCUT2D eigenvalue weighted by molar-refractivity contribution is -0.143. The largest absolute Gasteiger partial charge is 0.465 e. The summed E-state index contributed by atoms with van der Waals surface area (Å²) in [6, 6.07) is 0. The third-order valence-electron chi connectivity index (χ3n) is 1.95. The SMILES string of the molecule is CC(=O)OC[C@@H](SC(C)=O)[C@@H](COC(C)=O)SC(C)=O. The summed E-state index contributed by atoms with van der Waals surface area (Å²) in [5, 5.41) is -1.24. The fourth-order valence-corrected chi connectivity index (χ4v) is 3.18. The van der Waals surface area contributed by atoms with Crippen molar-refractivity contribution in [2.75, 3.05) is 13.2 Å². The van der Waals surface area contributed by atoms with Gasteiger partial charge in [0.2, 0.25) is 0 Å². The first-order valence-corrected chi connectivity index (χ1v) is 7.59. The molecule has 0 N–H and O–H groups in total. The lowest BCUT2D eigenvalue weighted by Crippen LogP contribution is -2.32. The van der Waals surface area contributed by atoms with Gasteiger partial charge in [-0.1, -0.05) is 23.5 Å². The van der Waals surface area contributed by atoms with Crippen LogP contribution in [0.3, 0.4) is 0 Å². The second kappa shape index (κ2) is 9.82. The molecule has 0 radical (unpaired) electrons. The maximum absolute atomic E-state index is 11.2. The molecule has 114 valence electrons. The number of rotatable bonds is 7. The van der Waals surface area contributed by atoms with Crippen molar-refractivity contribution in [3.05, 3.63) is 0 Å². The number of hydrogen-bond acceptors (Lipinski definition) is 8. The highest BCUT2D eigenvalue weighted by Crippen LogP contribution is 2.27. The summed E-state index contributed by atoms with van der Waals surface area (Å²) in [5.41, 5.74) is 0. The number of hydrogen-bond donors (Lipinski definition) is 0. The molecule has 0 rings (SSSR count). The van der Waals surface area contributed by atoms with E-state index >= 15 is 0 Å². The predicted molar refractivity (Wildman–Crippen MR) is 77.4 cm³/mol. The molecule has 0 aromatic carbocycles. The smallest absolute Gasteiger partial charge is 0.302 e. The van der Waals surface area contributed by atoms with E-state index in [9.17, 15) is 19.2 Å². The van der Waals surface area contributed by atoms with E-state index in [1.807, 2.05) is 0 Å². The van der Waals surface area contributed by atoms with Crippen LogP contribution in [-0.4, -0.2) is 45.9 Å². The molecule has 0 fully saturated rings. The van der Waals surface area contributed by atoms with Crippen molar-refractivity contribution in [2.45, 2.75) is 38.2 Å². The van der Waals surface area contributed by atoms with Gasteiger partial charge in [0.15, 0.2) is 10.2 Å². The van der Waals surface area contributed by atoms with Crippen LogP contribution in [-0.2, 0) is 28.7 Å². The summed E-state index contributed by atoms with van der Waals surface area (Å²) >= 11 is 1.93. The summed E-state index contributed by atoms with van der Waals surface area (Å²) in [5.74, 6) is -0.948. The molecule has 0 unspecified atom stereocenters. The molecule has 0 amide bonds. The molecular weight excluding hydrogens is 304 g/mol. The number of carbonyl (C=O) groups excluding carboxylic acids is 4. The van der Waals surface area contributed by atoms with E-state index in [0.717, 1.165) is 23.5 Å². The van der Waals surface area contributed by atoms with Crippen molar-refractivity contribution in [3.8, 4) is 0 Å². The van der Waals surface area contributed by atoms with E-state index in [0.29, 0.717) is 0 Å². The van der Waals surface area contributed by atoms with E-state index in [2.05, 4.69) is 0 Å². The number of ether oxygens (including phenoxy) is 2. The van der Waals surface area contributed by atoms with E-state index in [1.54, 1.807) is 0 Å². The van der Waals surface area contributed by atoms with Crippen LogP contribution in [0.4, 0.5) is 0 Å². The molecule has 2 atom stereocenters. The summed E-state index contributed by atoms with van der Waals surface area (Å²) in [6.45, 7) is 5.24. The van der Waals surface area contributed by atoms with Crippen LogP contribution in [0.2, 0.25) is 0 Å². The van der Waals surface area contributed by atoms with Crippen LogP contribution in [0, 0.1) is 0 Å². The second-order valence-electron chi connectivity index (χ2n) is 3.90. The molecule has 0 aliphatic heterocycles. The average molecular weight is 322 g/mol. The van der Waals surface area contributed by atoms with Crippen LogP contribution < -0.4 is 0 Å². The predicted octanol–water partition coefficient (Wildman–Crippen LogP) is 1.41. The first-order chi connectivity index (χ1) is 9.22. The fourth-order valence-electron chi connectivity index (χ4n) is 1.26. The van der Waals surface area contributed by atoms with Crippen LogP contribution in [0.25, 0.3) is 0 Å². The van der Waals surface area contributed by atoms with Crippen molar-refractivity contribution in [1.29, 1.82) is 0 Å². The van der Waals surface area contributed by atoms with Crippen LogP contribution in [0.5, 0.6) is 0 Å². The van der Waals surface area contributed by atoms with Gasteiger partial charge in [-0.3, -0.25) is 19.2 Å². The van der Waals surface area contributed by atoms with Crippen molar-refractivity contribution >= 4 is 45.7 Å². The standard InChI is InChI=1S/C12H18O6S2/c1-7(13)17-5-11(19-9(3)15)12(20-10(4)16)6-18-8(2)14/h11-12H,5-6H2,1-4H3/t11-,12-/m1/s1. The molecule has 0 aromatic heterocycles. The molecule has 8 heteroatoms. The zero-order chi connectivity index (χ0) is 15.7. The monoisotopic (exact) mass is 322 g/mol. The minimum Gasteiger partial charge on any atom is -0.465 e. The van der Waals surface area contributed by atoms with Crippen molar-refractivity contribution in [1.82, 2.24) is 0 Å². The highest BCUT2D eigenvalue weighted by molar-refractivity contribution is 8.17. The lowest BCUT2D eigenvalue weighted by Gasteiger charge is -2.23. The van der Waals surface area contributed by atoms with Crippen molar-refractivity contribution < 1.29 is 28.7 Å². The summed E-state index contributed by atoms with van der Waals surface area (Å²) < 4.78 is 9.79. The zero-order valence-electron chi connectivity index (χ0n) is 11.8. The van der Waals surface area contributed by atoms with E-state index in [1.165, 1.54) is 27.7 Å². The van der Waals surface area contributed by atoms with E-state index in [-0.39, 0.29) is 23.4 Å². The van der Waals surface area contributed by atoms with Gasteiger partial charge in [-0.05, 0) is 0 Å². The topological polar surface area (TPSA) is 86.7 Å². The Hall–Kier alpha value is -1.02. The summed E-state index contributed by atoms with van der Waals surface area (Å²) in [7, 11) is 0. The lowest BCUT2D eigenvalue weighted by atomic mass is 10.3. The highest BCUT2D eigenvalue weighted by Gasteiger charge is 2.28. The first-order valence-electron chi connectivity index (χ1n) is 5.83. The molecule has 0 aliphatic carbocycles. The fraction of sp³-hybridized carbons (Fsp3) is 0.667. The third kappa shape index (κ3) is 9.85. The molecule has 0 saturated carbocycles. The van der Waals surface area contributed by atoms with Crippen molar-refractivity contribution in [2.24, 2.45) is 0 Å². The zero-order valence-corrected chi connectivity index (χ0v) is 13.5. The molecule has 20 heavy (non-hydrogen) atoms. The first kappa shape index (κ1) is 19.0. The van der Waals surface area contributed by atoms with Gasteiger partial charge in [0.05, 0.1) is 10.5 Å². The number of esters is 2. The van der Waals surface area contributed by atoms with Crippen LogP contribution in [0.1, 0.15) is 27.7 Å². The molecule has 0 bridgehead atoms. The van der Waals surface area contributed by atoms with E-state index in [4.69, 9.17) is 9.47 Å². The van der Waals surface area contributed by atoms with E-state index < -0.39 is 22.4 Å². The van der Waals surface area contributed by atoms with Crippen LogP contribution in [0.15, 0.2) is 0 Å². The molecular formula is C12H18O6S2. The number of carbonyl (C=O) groups is 4. The molecule has 6 nitrogen and oxygen atoms in total. The van der Waals surface area contributed by atoms with Gasteiger partial charge in [0.1, 0.15) is 13.2 Å². The number of thioether (sulfide) groups is 2. The Balaban J connectivity index is 4.83. The van der Waals surface area contributed by atoms with Gasteiger partial charge in [-0.15, -0.1) is 0 Å². The molecule has 0 aliphatic rings. The summed E-state index contributed by atoms with van der Waals surface area (Å²) in [6.07, 6.45) is 0. The van der Waals surface area contributed by atoms with Gasteiger partial charge in [-0.25, -0.2) is 0 Å². The minimum absolute atomic E-state index is 0.0220. The Bertz CT molecular complexity index is 346. The average Bonchev–Trinajstić information content (AvgIpc) is 2.28.